The summed E-state index contributed by atoms with van der Waals surface area (Å²) >= 11 is 0. The average molecular weight is 768 g/mol. The Bertz CT molecular complexity index is 1920. The second-order valence-electron chi connectivity index (χ2n) is 16.6. The summed E-state index contributed by atoms with van der Waals surface area (Å²) in [4.78, 5) is 103. The molecule has 5 fully saturated rings. The predicted molar refractivity (Wildman–Crippen MR) is 207 cm³/mol. The summed E-state index contributed by atoms with van der Waals surface area (Å²) in [6.45, 7) is 8.35. The minimum atomic E-state index is -1.24. The standard InChI is InChI=1S/C42H53N7O7/c1-24-13-15-29(16-14-24)44-41(56)46-31(20-28-10-7-9-25(2)19-28)36(51)45-32-21-30-35(50)42(30)22-26(3)23-49(42)38(53)27(4)43-37(52)33-11-5-6-17-47(33)40(55)34-12-8-18-48(34)39(32)54/h7,9-10,13-16,19,26-27,30-34H,5-6,8,11-12,17-18,20-23H2,1-4H3,(H,43,52)(H,45,51)(H2,44,46,56)/t26-,27-,30-,31-,32-,33-,34-,42-/m0/s1. The molecule has 0 aromatic heterocycles. The fourth-order valence-corrected chi connectivity index (χ4v) is 9.46. The summed E-state index contributed by atoms with van der Waals surface area (Å²) in [5.41, 5.74) is 2.15. The van der Waals surface area contributed by atoms with E-state index in [0.29, 0.717) is 50.9 Å². The van der Waals surface area contributed by atoms with Crippen LogP contribution >= 0.6 is 0 Å². The number of Topliss-reactive ketones (excluding diaryl/α,β-unsaturated/α-hetero) is 1. The van der Waals surface area contributed by atoms with Crippen LogP contribution in [0.2, 0.25) is 0 Å². The summed E-state index contributed by atoms with van der Waals surface area (Å²) in [6.07, 6.45) is 3.22. The molecule has 1 saturated carbocycles. The van der Waals surface area contributed by atoms with Gasteiger partial charge in [0.15, 0.2) is 5.78 Å². The SMILES string of the molecule is Cc1ccc(NC(=O)N[C@@H](Cc2cccc(C)c2)C(=O)N[C@H]2C[C@H]3C(=O)[C@]34C[C@H](C)CN4C(=O)[C@H](C)NC(=O)[C@@H]3CCCCN3C(=O)[C@@H]3CCCN3C2=O)cc1. The van der Waals surface area contributed by atoms with Gasteiger partial charge in [-0.25, -0.2) is 4.79 Å². The number of anilines is 1. The maximum atomic E-state index is 14.8. The minimum Gasteiger partial charge on any atom is -0.343 e. The lowest BCUT2D eigenvalue weighted by atomic mass is 9.98. The molecule has 0 unspecified atom stereocenters. The number of rotatable bonds is 6. The first-order valence-electron chi connectivity index (χ1n) is 20.0. The van der Waals surface area contributed by atoms with Gasteiger partial charge in [0, 0.05) is 31.7 Å². The van der Waals surface area contributed by atoms with Gasteiger partial charge >= 0.3 is 6.03 Å². The van der Waals surface area contributed by atoms with Gasteiger partial charge in [-0.3, -0.25) is 28.8 Å². The molecule has 4 heterocycles. The van der Waals surface area contributed by atoms with Crippen LogP contribution in [0.1, 0.15) is 75.5 Å². The lowest BCUT2D eigenvalue weighted by Crippen LogP contribution is -2.60. The van der Waals surface area contributed by atoms with Crippen molar-refractivity contribution in [2.75, 3.05) is 25.0 Å². The van der Waals surface area contributed by atoms with Crippen LogP contribution < -0.4 is 21.3 Å². The molecular formula is C42H53N7O7. The number of piperidine rings is 1. The molecule has 4 aliphatic heterocycles. The van der Waals surface area contributed by atoms with E-state index in [-0.39, 0.29) is 37.0 Å². The monoisotopic (exact) mass is 767 g/mol. The number of nitrogens with one attached hydrogen (secondary N) is 4. The van der Waals surface area contributed by atoms with Crippen LogP contribution in [0.5, 0.6) is 0 Å². The molecule has 4 saturated heterocycles. The first kappa shape index (κ1) is 39.0. The molecule has 8 atom stereocenters. The van der Waals surface area contributed by atoms with E-state index in [9.17, 15) is 33.6 Å². The van der Waals surface area contributed by atoms with Crippen molar-refractivity contribution in [1.82, 2.24) is 30.7 Å². The van der Waals surface area contributed by atoms with Crippen molar-refractivity contribution in [1.29, 1.82) is 0 Å². The number of aryl methyl sites for hydroxylation is 2. The van der Waals surface area contributed by atoms with Gasteiger partial charge in [0.1, 0.15) is 35.7 Å². The van der Waals surface area contributed by atoms with E-state index in [1.54, 1.807) is 28.9 Å². The Labute approximate surface area is 327 Å². The first-order chi connectivity index (χ1) is 26.8. The van der Waals surface area contributed by atoms with Gasteiger partial charge in [0.05, 0.1) is 5.92 Å². The Morgan fingerprint density at radius 2 is 1.57 bits per heavy atom. The number of amides is 7. The van der Waals surface area contributed by atoms with Gasteiger partial charge in [0.2, 0.25) is 29.5 Å². The van der Waals surface area contributed by atoms with E-state index in [4.69, 9.17) is 0 Å². The Morgan fingerprint density at radius 3 is 2.32 bits per heavy atom. The summed E-state index contributed by atoms with van der Waals surface area (Å²) in [5.74, 6) is -3.24. The summed E-state index contributed by atoms with van der Waals surface area (Å²) in [5, 5.41) is 11.4. The molecule has 0 radical (unpaired) electrons. The number of urea groups is 1. The number of carbonyl (C=O) groups is 7. The molecule has 7 rings (SSSR count). The molecule has 2 aromatic rings. The molecule has 2 aromatic carbocycles. The van der Waals surface area contributed by atoms with Crippen LogP contribution in [0, 0.1) is 25.7 Å². The number of ketones is 1. The number of hydrogen-bond acceptors (Lipinski definition) is 7. The highest BCUT2D eigenvalue weighted by Gasteiger charge is 2.72. The minimum absolute atomic E-state index is 0.0113. The Morgan fingerprint density at radius 1 is 0.857 bits per heavy atom. The van der Waals surface area contributed by atoms with Crippen molar-refractivity contribution in [2.24, 2.45) is 11.8 Å². The average Bonchev–Trinajstić information content (AvgIpc) is 3.50. The van der Waals surface area contributed by atoms with Crippen LogP contribution in [0.4, 0.5) is 10.5 Å². The molecule has 14 heteroatoms. The lowest BCUT2D eigenvalue weighted by Gasteiger charge is -2.39. The van der Waals surface area contributed by atoms with E-state index in [2.05, 4.69) is 21.3 Å². The van der Waals surface area contributed by atoms with Gasteiger partial charge in [-0.15, -0.1) is 0 Å². The zero-order chi connectivity index (χ0) is 39.9. The van der Waals surface area contributed by atoms with E-state index >= 15 is 0 Å². The fourth-order valence-electron chi connectivity index (χ4n) is 9.46. The van der Waals surface area contributed by atoms with Crippen LogP contribution in [0.15, 0.2) is 48.5 Å². The zero-order valence-corrected chi connectivity index (χ0v) is 32.6. The van der Waals surface area contributed by atoms with Crippen LogP contribution in [0.3, 0.4) is 0 Å². The molecule has 7 amide bonds. The second-order valence-corrected chi connectivity index (χ2v) is 16.6. The Balaban J connectivity index is 1.22. The number of fused-ring (bicyclic) bond motifs is 2. The van der Waals surface area contributed by atoms with Gasteiger partial charge in [-0.05, 0) is 89.3 Å². The van der Waals surface area contributed by atoms with Crippen molar-refractivity contribution in [3.63, 3.8) is 0 Å². The van der Waals surface area contributed by atoms with Crippen LogP contribution in [-0.2, 0) is 35.2 Å². The molecule has 298 valence electrons. The van der Waals surface area contributed by atoms with Crippen molar-refractivity contribution >= 4 is 47.0 Å². The fraction of sp³-hybridized carbons (Fsp3) is 0.548. The molecule has 1 aliphatic carbocycles. The topological polar surface area (TPSA) is 177 Å². The Hall–Kier alpha value is -5.27. The third-order valence-electron chi connectivity index (χ3n) is 12.3. The van der Waals surface area contributed by atoms with Crippen molar-refractivity contribution in [3.8, 4) is 0 Å². The second kappa shape index (κ2) is 15.7. The summed E-state index contributed by atoms with van der Waals surface area (Å²) in [7, 11) is 0. The molecular weight excluding hydrogens is 715 g/mol. The van der Waals surface area contributed by atoms with Crippen molar-refractivity contribution in [3.05, 3.63) is 65.2 Å². The first-order valence-corrected chi connectivity index (χ1v) is 20.0. The molecule has 1 spiro atoms. The van der Waals surface area contributed by atoms with Gasteiger partial charge in [-0.1, -0.05) is 54.4 Å². The highest BCUT2D eigenvalue weighted by atomic mass is 16.2. The number of nitrogens with zero attached hydrogens (tertiary/aromatic N) is 3. The molecule has 14 nitrogen and oxygen atoms in total. The molecule has 56 heavy (non-hydrogen) atoms. The van der Waals surface area contributed by atoms with Crippen molar-refractivity contribution in [2.45, 2.75) is 115 Å². The number of carbonyl (C=O) groups excluding carboxylic acids is 7. The quantitative estimate of drug-likeness (QED) is 0.349. The molecule has 5 aliphatic rings. The maximum absolute atomic E-state index is 14.8. The molecule has 4 N–H and O–H groups in total. The Kier molecular flexibility index (Phi) is 10.9. The maximum Gasteiger partial charge on any atom is 0.319 e. The van der Waals surface area contributed by atoms with E-state index in [1.807, 2.05) is 57.2 Å². The normalized spacial score (nSPS) is 29.9. The highest BCUT2D eigenvalue weighted by Crippen LogP contribution is 2.55. The summed E-state index contributed by atoms with van der Waals surface area (Å²) in [6, 6.07) is 9.23. The van der Waals surface area contributed by atoms with Crippen molar-refractivity contribution < 1.29 is 33.6 Å². The smallest absolute Gasteiger partial charge is 0.319 e. The third kappa shape index (κ3) is 7.62. The van der Waals surface area contributed by atoms with E-state index in [0.717, 1.165) is 23.1 Å². The third-order valence-corrected chi connectivity index (χ3v) is 12.3. The highest BCUT2D eigenvalue weighted by molar-refractivity contribution is 6.12. The molecule has 0 bridgehead atoms. The summed E-state index contributed by atoms with van der Waals surface area (Å²) < 4.78 is 0. The van der Waals surface area contributed by atoms with E-state index < -0.39 is 71.3 Å². The van der Waals surface area contributed by atoms with Gasteiger partial charge < -0.3 is 36.0 Å². The largest absolute Gasteiger partial charge is 0.343 e. The van der Waals surface area contributed by atoms with Gasteiger partial charge in [0.25, 0.3) is 0 Å². The van der Waals surface area contributed by atoms with E-state index in [1.165, 1.54) is 4.90 Å². The van der Waals surface area contributed by atoms with Crippen LogP contribution in [-0.4, -0.2) is 111 Å². The zero-order valence-electron chi connectivity index (χ0n) is 32.6. The predicted octanol–water partition coefficient (Wildman–Crippen LogP) is 2.61. The number of hydrogen-bond donors (Lipinski definition) is 4. The van der Waals surface area contributed by atoms with Gasteiger partial charge in [-0.2, -0.15) is 0 Å². The van der Waals surface area contributed by atoms with Crippen LogP contribution in [0.25, 0.3) is 0 Å². The lowest BCUT2D eigenvalue weighted by molar-refractivity contribution is -0.151. The number of benzene rings is 2.